The van der Waals surface area contributed by atoms with Crippen molar-refractivity contribution in [1.82, 2.24) is 5.16 Å². The smallest absolute Gasteiger partial charge is 0.124 e. The summed E-state index contributed by atoms with van der Waals surface area (Å²) in [6.07, 6.45) is 1.58. The van der Waals surface area contributed by atoms with Crippen molar-refractivity contribution in [3.8, 4) is 22.4 Å². The molecule has 2 nitrogen and oxygen atoms in total. The Balaban J connectivity index is 1.94. The lowest BCUT2D eigenvalue weighted by Gasteiger charge is -2.03. The van der Waals surface area contributed by atoms with Gasteiger partial charge in [0.15, 0.2) is 0 Å². The summed E-state index contributed by atoms with van der Waals surface area (Å²) in [5, 5.41) is 3.92. The van der Waals surface area contributed by atoms with Gasteiger partial charge < -0.3 is 4.52 Å². The summed E-state index contributed by atoms with van der Waals surface area (Å²) >= 11 is 3.44. The minimum absolute atomic E-state index is 0.859. The van der Waals surface area contributed by atoms with Crippen LogP contribution >= 0.6 is 15.9 Å². The maximum atomic E-state index is 4.84. The van der Waals surface area contributed by atoms with Gasteiger partial charge in [0.1, 0.15) is 12.0 Å². The Kier molecular flexibility index (Phi) is 2.99. The Hall–Kier alpha value is -1.87. The third-order valence-electron chi connectivity index (χ3n) is 2.80. The molecule has 0 saturated carbocycles. The summed E-state index contributed by atoms with van der Waals surface area (Å²) in [6.45, 7) is 0. The van der Waals surface area contributed by atoms with Gasteiger partial charge in [0.25, 0.3) is 0 Å². The summed E-state index contributed by atoms with van der Waals surface area (Å²) < 4.78 is 5.93. The number of rotatable bonds is 2. The largest absolute Gasteiger partial charge is 0.364 e. The molecule has 0 aliphatic rings. The van der Waals surface area contributed by atoms with Gasteiger partial charge >= 0.3 is 0 Å². The van der Waals surface area contributed by atoms with E-state index in [1.807, 2.05) is 18.2 Å². The van der Waals surface area contributed by atoms with E-state index < -0.39 is 0 Å². The molecule has 2 aromatic carbocycles. The first-order valence-electron chi connectivity index (χ1n) is 5.60. The normalized spacial score (nSPS) is 10.5. The first-order valence-corrected chi connectivity index (χ1v) is 6.39. The van der Waals surface area contributed by atoms with Crippen molar-refractivity contribution < 1.29 is 4.52 Å². The predicted molar refractivity (Wildman–Crippen MR) is 75.1 cm³/mol. The Bertz CT molecular complexity index is 627. The van der Waals surface area contributed by atoms with Crippen LogP contribution in [-0.4, -0.2) is 5.16 Å². The van der Waals surface area contributed by atoms with Crippen LogP contribution in [0.5, 0.6) is 0 Å². The highest BCUT2D eigenvalue weighted by Gasteiger charge is 2.02. The predicted octanol–water partition coefficient (Wildman–Crippen LogP) is 4.77. The van der Waals surface area contributed by atoms with Crippen LogP contribution in [0.25, 0.3) is 22.4 Å². The van der Waals surface area contributed by atoms with Gasteiger partial charge in [-0.3, -0.25) is 0 Å². The average Bonchev–Trinajstić information content (AvgIpc) is 2.94. The number of halogens is 1. The lowest BCUT2D eigenvalue weighted by molar-refractivity contribution is 0.422. The fraction of sp³-hybridized carbons (Fsp3) is 0. The molecule has 1 heterocycles. The van der Waals surface area contributed by atoms with Crippen molar-refractivity contribution in [2.24, 2.45) is 0 Å². The minimum atomic E-state index is 0.859. The Morgan fingerprint density at radius 2 is 1.28 bits per heavy atom. The molecule has 0 atom stereocenters. The minimum Gasteiger partial charge on any atom is -0.364 e. The number of benzene rings is 2. The van der Waals surface area contributed by atoms with E-state index in [2.05, 4.69) is 57.5 Å². The van der Waals surface area contributed by atoms with Crippen molar-refractivity contribution >= 4 is 15.9 Å². The van der Waals surface area contributed by atoms with E-state index in [9.17, 15) is 0 Å². The van der Waals surface area contributed by atoms with Crippen LogP contribution in [0.1, 0.15) is 0 Å². The Morgan fingerprint density at radius 1 is 0.722 bits per heavy atom. The maximum absolute atomic E-state index is 4.84. The third-order valence-corrected chi connectivity index (χ3v) is 3.32. The van der Waals surface area contributed by atoms with Crippen molar-refractivity contribution in [2.45, 2.75) is 0 Å². The molecule has 0 radical (unpaired) electrons. The molecule has 0 bridgehead atoms. The molecule has 0 aliphatic carbocycles. The van der Waals surface area contributed by atoms with E-state index in [1.54, 1.807) is 6.26 Å². The van der Waals surface area contributed by atoms with Crippen LogP contribution in [0.2, 0.25) is 0 Å². The molecule has 88 valence electrons. The highest BCUT2D eigenvalue weighted by molar-refractivity contribution is 9.10. The highest BCUT2D eigenvalue weighted by Crippen LogP contribution is 2.25. The van der Waals surface area contributed by atoms with Gasteiger partial charge in [-0.1, -0.05) is 57.5 Å². The van der Waals surface area contributed by atoms with Gasteiger partial charge in [0, 0.05) is 16.1 Å². The number of nitrogens with zero attached hydrogens (tertiary/aromatic N) is 1. The molecule has 1 aromatic heterocycles. The number of hydrogen-bond acceptors (Lipinski definition) is 2. The summed E-state index contributed by atoms with van der Waals surface area (Å²) in [4.78, 5) is 0. The second-order valence-electron chi connectivity index (χ2n) is 3.97. The van der Waals surface area contributed by atoms with E-state index in [4.69, 9.17) is 4.52 Å². The monoisotopic (exact) mass is 299 g/mol. The van der Waals surface area contributed by atoms with Crippen LogP contribution in [-0.2, 0) is 0 Å². The van der Waals surface area contributed by atoms with Crippen LogP contribution in [0.15, 0.2) is 69.9 Å². The van der Waals surface area contributed by atoms with E-state index in [-0.39, 0.29) is 0 Å². The van der Waals surface area contributed by atoms with Crippen LogP contribution in [0.4, 0.5) is 0 Å². The number of hydrogen-bond donors (Lipinski definition) is 0. The molecule has 0 amide bonds. The summed E-state index contributed by atoms with van der Waals surface area (Å²) in [7, 11) is 0. The van der Waals surface area contributed by atoms with Gasteiger partial charge in [-0.05, 0) is 23.3 Å². The van der Waals surface area contributed by atoms with E-state index in [0.717, 1.165) is 15.7 Å². The fourth-order valence-electron chi connectivity index (χ4n) is 1.84. The fourth-order valence-corrected chi connectivity index (χ4v) is 2.10. The Labute approximate surface area is 113 Å². The quantitative estimate of drug-likeness (QED) is 0.681. The van der Waals surface area contributed by atoms with Crippen LogP contribution < -0.4 is 0 Å². The third kappa shape index (κ3) is 2.22. The maximum Gasteiger partial charge on any atom is 0.124 e. The first kappa shape index (κ1) is 11.2. The van der Waals surface area contributed by atoms with Gasteiger partial charge in [0.05, 0.1) is 0 Å². The molecule has 0 aliphatic heterocycles. The molecule has 3 heteroatoms. The van der Waals surface area contributed by atoms with Gasteiger partial charge in [-0.15, -0.1) is 0 Å². The Morgan fingerprint density at radius 3 is 1.83 bits per heavy atom. The summed E-state index contributed by atoms with van der Waals surface area (Å²) in [6, 6.07) is 18.4. The van der Waals surface area contributed by atoms with Gasteiger partial charge in [0.2, 0.25) is 0 Å². The highest BCUT2D eigenvalue weighted by atomic mass is 79.9. The molecular formula is C15H10BrNO. The van der Waals surface area contributed by atoms with E-state index in [0.29, 0.717) is 0 Å². The summed E-state index contributed by atoms with van der Waals surface area (Å²) in [5.41, 5.74) is 4.31. The van der Waals surface area contributed by atoms with Gasteiger partial charge in [-0.2, -0.15) is 0 Å². The molecule has 0 unspecified atom stereocenters. The molecule has 0 N–H and O–H groups in total. The zero-order valence-electron chi connectivity index (χ0n) is 9.51. The molecule has 3 rings (SSSR count). The average molecular weight is 300 g/mol. The van der Waals surface area contributed by atoms with Crippen LogP contribution in [0.3, 0.4) is 0 Å². The standard InChI is InChI=1S/C15H10BrNO/c16-14-7-5-12(6-8-14)11-1-3-13(4-2-11)15-9-10-18-17-15/h1-10H. The molecule has 0 saturated heterocycles. The molecular weight excluding hydrogens is 290 g/mol. The van der Waals surface area contributed by atoms with E-state index in [1.165, 1.54) is 11.1 Å². The number of aromatic nitrogens is 1. The molecule has 0 fully saturated rings. The molecule has 18 heavy (non-hydrogen) atoms. The molecule has 0 spiro atoms. The second-order valence-corrected chi connectivity index (χ2v) is 4.88. The molecule has 3 aromatic rings. The van der Waals surface area contributed by atoms with Crippen molar-refractivity contribution in [3.63, 3.8) is 0 Å². The SMILES string of the molecule is Brc1ccc(-c2ccc(-c3ccon3)cc2)cc1. The zero-order valence-corrected chi connectivity index (χ0v) is 11.1. The first-order chi connectivity index (χ1) is 8.83. The zero-order chi connectivity index (χ0) is 12.4. The van der Waals surface area contributed by atoms with Crippen molar-refractivity contribution in [3.05, 3.63) is 65.3 Å². The van der Waals surface area contributed by atoms with Crippen LogP contribution in [0, 0.1) is 0 Å². The van der Waals surface area contributed by atoms with Crippen molar-refractivity contribution in [2.75, 3.05) is 0 Å². The van der Waals surface area contributed by atoms with Gasteiger partial charge in [-0.25, -0.2) is 0 Å². The summed E-state index contributed by atoms with van der Waals surface area (Å²) in [5.74, 6) is 0. The van der Waals surface area contributed by atoms with Crippen molar-refractivity contribution in [1.29, 1.82) is 0 Å². The second kappa shape index (κ2) is 4.78. The lowest BCUT2D eigenvalue weighted by atomic mass is 10.0. The lowest BCUT2D eigenvalue weighted by Crippen LogP contribution is -1.80. The topological polar surface area (TPSA) is 26.0 Å². The van der Waals surface area contributed by atoms with E-state index >= 15 is 0 Å².